The van der Waals surface area contributed by atoms with Crippen molar-refractivity contribution in [3.8, 4) is 0 Å². The van der Waals surface area contributed by atoms with Crippen LogP contribution in [0.4, 0.5) is 14.5 Å². The van der Waals surface area contributed by atoms with Gasteiger partial charge in [0.05, 0.1) is 21.4 Å². The fourth-order valence-electron chi connectivity index (χ4n) is 1.58. The number of nitrogens with two attached hydrogens (primary N) is 1. The van der Waals surface area contributed by atoms with E-state index in [1.807, 2.05) is 0 Å². The topological polar surface area (TPSA) is 43.1 Å². The fourth-order valence-corrected chi connectivity index (χ4v) is 3.71. The van der Waals surface area contributed by atoms with Crippen LogP contribution in [0.3, 0.4) is 0 Å². The Labute approximate surface area is 120 Å². The molecule has 1 atom stereocenters. The van der Waals surface area contributed by atoms with Crippen LogP contribution in [0, 0.1) is 11.6 Å². The zero-order chi connectivity index (χ0) is 14.0. The standard InChI is InChI=1S/C13H10BrF2NOS/c14-10-6-8(17)4-5-13(10)19(18)7-9-11(15)2-1-3-12(9)16/h1-6H,7,17H2. The van der Waals surface area contributed by atoms with Gasteiger partial charge in [0.1, 0.15) is 11.6 Å². The summed E-state index contributed by atoms with van der Waals surface area (Å²) in [5.74, 6) is -1.61. The summed E-state index contributed by atoms with van der Waals surface area (Å²) in [7, 11) is -1.56. The largest absolute Gasteiger partial charge is 0.399 e. The first-order valence-corrected chi connectivity index (χ1v) is 7.46. The van der Waals surface area contributed by atoms with Crippen molar-refractivity contribution in [1.29, 1.82) is 0 Å². The molecule has 0 spiro atoms. The smallest absolute Gasteiger partial charge is 0.130 e. The highest BCUT2D eigenvalue weighted by molar-refractivity contribution is 9.10. The van der Waals surface area contributed by atoms with E-state index in [0.717, 1.165) is 12.1 Å². The van der Waals surface area contributed by atoms with Gasteiger partial charge < -0.3 is 5.73 Å². The van der Waals surface area contributed by atoms with Gasteiger partial charge in [-0.15, -0.1) is 0 Å². The van der Waals surface area contributed by atoms with Crippen molar-refractivity contribution < 1.29 is 13.0 Å². The third kappa shape index (κ3) is 3.19. The summed E-state index contributed by atoms with van der Waals surface area (Å²) in [6, 6.07) is 8.34. The van der Waals surface area contributed by atoms with E-state index in [2.05, 4.69) is 15.9 Å². The number of nitrogen functional groups attached to an aromatic ring is 1. The average Bonchev–Trinajstić information content (AvgIpc) is 2.33. The Morgan fingerprint density at radius 1 is 1.16 bits per heavy atom. The number of benzene rings is 2. The van der Waals surface area contributed by atoms with E-state index in [1.54, 1.807) is 18.2 Å². The molecule has 100 valence electrons. The van der Waals surface area contributed by atoms with Gasteiger partial charge in [-0.25, -0.2) is 8.78 Å². The molecule has 1 unspecified atom stereocenters. The minimum Gasteiger partial charge on any atom is -0.399 e. The van der Waals surface area contributed by atoms with Gasteiger partial charge in [0.2, 0.25) is 0 Å². The van der Waals surface area contributed by atoms with Gasteiger partial charge in [0, 0.05) is 15.7 Å². The molecule has 2 nitrogen and oxygen atoms in total. The summed E-state index contributed by atoms with van der Waals surface area (Å²) < 4.78 is 39.7. The van der Waals surface area contributed by atoms with Crippen molar-refractivity contribution in [1.82, 2.24) is 0 Å². The lowest BCUT2D eigenvalue weighted by molar-refractivity contribution is 0.564. The lowest BCUT2D eigenvalue weighted by Gasteiger charge is -2.07. The van der Waals surface area contributed by atoms with E-state index < -0.39 is 22.4 Å². The van der Waals surface area contributed by atoms with Gasteiger partial charge in [0.25, 0.3) is 0 Å². The predicted molar refractivity (Wildman–Crippen MR) is 75.0 cm³/mol. The second-order valence-corrected chi connectivity index (χ2v) is 6.15. The van der Waals surface area contributed by atoms with Crippen molar-refractivity contribution in [2.45, 2.75) is 10.6 Å². The first-order chi connectivity index (χ1) is 8.99. The molecule has 0 saturated carbocycles. The molecule has 0 aliphatic carbocycles. The second-order valence-electron chi connectivity index (χ2n) is 3.88. The summed E-state index contributed by atoms with van der Waals surface area (Å²) in [5, 5.41) is 0. The monoisotopic (exact) mass is 345 g/mol. The Hall–Kier alpha value is -1.27. The molecule has 0 saturated heterocycles. The summed E-state index contributed by atoms with van der Waals surface area (Å²) in [6.45, 7) is 0. The highest BCUT2D eigenvalue weighted by Gasteiger charge is 2.15. The van der Waals surface area contributed by atoms with Gasteiger partial charge in [-0.1, -0.05) is 6.07 Å². The number of hydrogen-bond acceptors (Lipinski definition) is 2. The van der Waals surface area contributed by atoms with Gasteiger partial charge >= 0.3 is 0 Å². The van der Waals surface area contributed by atoms with Crippen LogP contribution in [0.5, 0.6) is 0 Å². The number of rotatable bonds is 3. The van der Waals surface area contributed by atoms with Crippen molar-refractivity contribution in [2.75, 3.05) is 5.73 Å². The maximum absolute atomic E-state index is 13.5. The third-order valence-electron chi connectivity index (χ3n) is 2.54. The molecule has 2 aromatic carbocycles. The molecule has 0 aliphatic heterocycles. The first-order valence-electron chi connectivity index (χ1n) is 5.35. The molecule has 0 aliphatic rings. The van der Waals surface area contributed by atoms with E-state index >= 15 is 0 Å². The van der Waals surface area contributed by atoms with Crippen LogP contribution in [-0.4, -0.2) is 4.21 Å². The minimum atomic E-state index is -1.56. The Bertz CT molecular complexity index is 628. The lowest BCUT2D eigenvalue weighted by Crippen LogP contribution is -2.03. The Kier molecular flexibility index (Phi) is 4.31. The molecule has 0 heterocycles. The number of halogens is 3. The minimum absolute atomic E-state index is 0.176. The summed E-state index contributed by atoms with van der Waals surface area (Å²) in [4.78, 5) is 0.455. The molecule has 2 rings (SSSR count). The fraction of sp³-hybridized carbons (Fsp3) is 0.0769. The van der Waals surface area contributed by atoms with Crippen molar-refractivity contribution >= 4 is 32.4 Å². The van der Waals surface area contributed by atoms with E-state index in [-0.39, 0.29) is 11.3 Å². The maximum atomic E-state index is 13.5. The maximum Gasteiger partial charge on any atom is 0.130 e. The first kappa shape index (κ1) is 14.1. The highest BCUT2D eigenvalue weighted by Crippen LogP contribution is 2.25. The highest BCUT2D eigenvalue weighted by atomic mass is 79.9. The molecule has 19 heavy (non-hydrogen) atoms. The molecular formula is C13H10BrF2NOS. The number of hydrogen-bond donors (Lipinski definition) is 1. The predicted octanol–water partition coefficient (Wildman–Crippen LogP) is 3.62. The van der Waals surface area contributed by atoms with Crippen LogP contribution in [-0.2, 0) is 16.6 Å². The van der Waals surface area contributed by atoms with Crippen LogP contribution in [0.15, 0.2) is 45.8 Å². The Morgan fingerprint density at radius 2 is 1.79 bits per heavy atom. The molecule has 0 amide bonds. The van der Waals surface area contributed by atoms with Crippen LogP contribution in [0.1, 0.15) is 5.56 Å². The van der Waals surface area contributed by atoms with Crippen LogP contribution in [0.25, 0.3) is 0 Å². The van der Waals surface area contributed by atoms with Gasteiger partial charge in [-0.05, 0) is 46.3 Å². The lowest BCUT2D eigenvalue weighted by atomic mass is 10.2. The molecule has 0 radical (unpaired) electrons. The van der Waals surface area contributed by atoms with Gasteiger partial charge in [-0.2, -0.15) is 0 Å². The molecule has 0 aromatic heterocycles. The summed E-state index contributed by atoms with van der Waals surface area (Å²) >= 11 is 3.24. The quantitative estimate of drug-likeness (QED) is 0.863. The molecule has 6 heteroatoms. The molecular weight excluding hydrogens is 336 g/mol. The van der Waals surface area contributed by atoms with Gasteiger partial charge in [-0.3, -0.25) is 4.21 Å². The molecule has 2 aromatic rings. The van der Waals surface area contributed by atoms with Crippen LogP contribution < -0.4 is 5.73 Å². The molecule has 0 fully saturated rings. The Balaban J connectivity index is 2.31. The van der Waals surface area contributed by atoms with Crippen LogP contribution in [0.2, 0.25) is 0 Å². The van der Waals surface area contributed by atoms with Crippen molar-refractivity contribution in [2.24, 2.45) is 0 Å². The zero-order valence-electron chi connectivity index (χ0n) is 9.70. The average molecular weight is 346 g/mol. The van der Waals surface area contributed by atoms with Crippen molar-refractivity contribution in [3.05, 3.63) is 58.1 Å². The molecule has 0 bridgehead atoms. The van der Waals surface area contributed by atoms with Gasteiger partial charge in [0.15, 0.2) is 0 Å². The SMILES string of the molecule is Nc1ccc(S(=O)Cc2c(F)cccc2F)c(Br)c1. The number of anilines is 1. The normalized spacial score (nSPS) is 12.4. The van der Waals surface area contributed by atoms with E-state index in [0.29, 0.717) is 15.1 Å². The van der Waals surface area contributed by atoms with E-state index in [4.69, 9.17) is 5.73 Å². The molecule has 2 N–H and O–H groups in total. The summed E-state index contributed by atoms with van der Waals surface area (Å²) in [6.07, 6.45) is 0. The third-order valence-corrected chi connectivity index (χ3v) is 4.85. The second kappa shape index (κ2) is 5.79. The zero-order valence-corrected chi connectivity index (χ0v) is 12.1. The Morgan fingerprint density at radius 3 is 2.37 bits per heavy atom. The summed E-state index contributed by atoms with van der Waals surface area (Å²) in [5.41, 5.74) is 5.92. The van der Waals surface area contributed by atoms with E-state index in [1.165, 1.54) is 6.07 Å². The van der Waals surface area contributed by atoms with Crippen LogP contribution >= 0.6 is 15.9 Å². The van der Waals surface area contributed by atoms with Crippen molar-refractivity contribution in [3.63, 3.8) is 0 Å². The van der Waals surface area contributed by atoms with E-state index in [9.17, 15) is 13.0 Å².